The average Bonchev–Trinajstić information content (AvgIpc) is 2.98. The fraction of sp³-hybridized carbons (Fsp3) is 0.286. The molecule has 9 nitrogen and oxygen atoms in total. The monoisotopic (exact) mass is 354 g/mol. The van der Waals surface area contributed by atoms with Gasteiger partial charge in [0.1, 0.15) is 5.69 Å². The number of nitro groups is 1. The summed E-state index contributed by atoms with van der Waals surface area (Å²) in [5.74, 6) is -0.773. The van der Waals surface area contributed by atoms with Gasteiger partial charge in [0.15, 0.2) is 0 Å². The number of ether oxygens (including phenoxy) is 1. The van der Waals surface area contributed by atoms with E-state index in [-0.39, 0.29) is 28.5 Å². The van der Waals surface area contributed by atoms with Crippen LogP contribution >= 0.6 is 11.6 Å². The largest absolute Gasteiger partial charge is 0.465 e. The van der Waals surface area contributed by atoms with Crippen molar-refractivity contribution in [3.8, 4) is 0 Å². The number of nitrogens with one attached hydrogen (secondary N) is 1. The predicted octanol–water partition coefficient (Wildman–Crippen LogP) is 1.91. The standard InChI is InChI=1S/C14H15ClN4O5/c1-18-7-8(5-17-18)13(20)6-16-11-4-10(15)9(14(21)24-2)3-12(11)19(22)23/h3-5,7,13,16,20H,6H2,1-2H3. The Bertz CT molecular complexity index is 777. The molecule has 0 aliphatic carbocycles. The van der Waals surface area contributed by atoms with Crippen LogP contribution in [-0.2, 0) is 11.8 Å². The number of anilines is 1. The van der Waals surface area contributed by atoms with E-state index in [1.54, 1.807) is 13.2 Å². The second-order valence-electron chi connectivity index (χ2n) is 4.94. The fourth-order valence-electron chi connectivity index (χ4n) is 2.06. The number of benzene rings is 1. The van der Waals surface area contributed by atoms with E-state index in [1.165, 1.54) is 16.9 Å². The molecular weight excluding hydrogens is 340 g/mol. The molecule has 2 N–H and O–H groups in total. The molecule has 1 heterocycles. The Morgan fingerprint density at radius 1 is 1.58 bits per heavy atom. The van der Waals surface area contributed by atoms with Crippen LogP contribution in [0.3, 0.4) is 0 Å². The zero-order valence-electron chi connectivity index (χ0n) is 12.9. The lowest BCUT2D eigenvalue weighted by molar-refractivity contribution is -0.384. The first-order valence-electron chi connectivity index (χ1n) is 6.80. The lowest BCUT2D eigenvalue weighted by Gasteiger charge is -2.13. The Morgan fingerprint density at radius 2 is 2.29 bits per heavy atom. The van der Waals surface area contributed by atoms with E-state index < -0.39 is 17.0 Å². The van der Waals surface area contributed by atoms with Crippen LogP contribution in [0.1, 0.15) is 22.0 Å². The van der Waals surface area contributed by atoms with Gasteiger partial charge in [-0.3, -0.25) is 14.8 Å². The molecule has 0 bridgehead atoms. The average molecular weight is 355 g/mol. The number of nitrogens with zero attached hydrogens (tertiary/aromatic N) is 3. The van der Waals surface area contributed by atoms with Gasteiger partial charge in [0.25, 0.3) is 5.69 Å². The van der Waals surface area contributed by atoms with E-state index in [0.717, 1.165) is 13.2 Å². The zero-order valence-corrected chi connectivity index (χ0v) is 13.6. The molecule has 1 aromatic carbocycles. The minimum absolute atomic E-state index is 0.000430. The van der Waals surface area contributed by atoms with Crippen molar-refractivity contribution in [3.05, 3.63) is 50.8 Å². The smallest absolute Gasteiger partial charge is 0.339 e. The SMILES string of the molecule is COC(=O)c1cc([N+](=O)[O-])c(NCC(O)c2cnn(C)c2)cc1Cl. The summed E-state index contributed by atoms with van der Waals surface area (Å²) >= 11 is 5.98. The first-order valence-corrected chi connectivity index (χ1v) is 7.18. The molecule has 10 heteroatoms. The summed E-state index contributed by atoms with van der Waals surface area (Å²) < 4.78 is 6.07. The van der Waals surface area contributed by atoms with Crippen molar-refractivity contribution in [3.63, 3.8) is 0 Å². The Labute approximate surface area is 141 Å². The van der Waals surface area contributed by atoms with E-state index in [0.29, 0.717) is 5.56 Å². The molecule has 2 aromatic rings. The van der Waals surface area contributed by atoms with Crippen molar-refractivity contribution in [1.29, 1.82) is 0 Å². The Balaban J connectivity index is 2.24. The number of hydrogen-bond acceptors (Lipinski definition) is 7. The van der Waals surface area contributed by atoms with Gasteiger partial charge in [0, 0.05) is 31.4 Å². The van der Waals surface area contributed by atoms with Gasteiger partial charge in [-0.2, -0.15) is 5.10 Å². The number of methoxy groups -OCH3 is 1. The topological polar surface area (TPSA) is 120 Å². The summed E-state index contributed by atoms with van der Waals surface area (Å²) in [6, 6.07) is 2.29. The highest BCUT2D eigenvalue weighted by atomic mass is 35.5. The third-order valence-corrected chi connectivity index (χ3v) is 3.60. The van der Waals surface area contributed by atoms with Crippen molar-refractivity contribution >= 4 is 28.9 Å². The van der Waals surface area contributed by atoms with Gasteiger partial charge in [-0.1, -0.05) is 11.6 Å². The second-order valence-corrected chi connectivity index (χ2v) is 5.35. The maximum absolute atomic E-state index is 11.6. The van der Waals surface area contributed by atoms with E-state index in [4.69, 9.17) is 11.6 Å². The van der Waals surface area contributed by atoms with Gasteiger partial charge in [0.2, 0.25) is 0 Å². The van der Waals surface area contributed by atoms with E-state index in [9.17, 15) is 20.0 Å². The van der Waals surface area contributed by atoms with Crippen molar-refractivity contribution in [2.24, 2.45) is 7.05 Å². The summed E-state index contributed by atoms with van der Waals surface area (Å²) in [6.45, 7) is 0.000430. The van der Waals surface area contributed by atoms with Crippen molar-refractivity contribution < 1.29 is 19.6 Å². The number of esters is 1. The Hall–Kier alpha value is -2.65. The molecule has 0 radical (unpaired) electrons. The third kappa shape index (κ3) is 3.81. The van der Waals surface area contributed by atoms with Crippen molar-refractivity contribution in [2.75, 3.05) is 19.0 Å². The van der Waals surface area contributed by atoms with Crippen LogP contribution in [0.5, 0.6) is 0 Å². The lowest BCUT2D eigenvalue weighted by atomic mass is 10.1. The Kier molecular flexibility index (Phi) is 5.37. The highest BCUT2D eigenvalue weighted by Gasteiger charge is 2.22. The minimum atomic E-state index is -0.919. The van der Waals surface area contributed by atoms with Crippen LogP contribution < -0.4 is 5.32 Å². The molecule has 0 saturated heterocycles. The molecule has 1 atom stereocenters. The summed E-state index contributed by atoms with van der Waals surface area (Å²) in [5.41, 5.74) is 0.188. The number of aromatic nitrogens is 2. The molecule has 24 heavy (non-hydrogen) atoms. The number of carbonyl (C=O) groups is 1. The van der Waals surface area contributed by atoms with Gasteiger partial charge >= 0.3 is 5.97 Å². The number of aliphatic hydroxyl groups excluding tert-OH is 1. The normalized spacial score (nSPS) is 11.8. The Morgan fingerprint density at radius 3 is 2.83 bits per heavy atom. The van der Waals surface area contributed by atoms with Gasteiger partial charge < -0.3 is 15.2 Å². The first kappa shape index (κ1) is 17.7. The number of hydrogen-bond donors (Lipinski definition) is 2. The molecular formula is C14H15ClN4O5. The molecule has 1 aromatic heterocycles. The molecule has 0 fully saturated rings. The first-order chi connectivity index (χ1) is 11.3. The summed E-state index contributed by atoms with van der Waals surface area (Å²) in [4.78, 5) is 22.1. The molecule has 0 aliphatic rings. The second kappa shape index (κ2) is 7.28. The molecule has 0 aliphatic heterocycles. The van der Waals surface area contributed by atoms with Gasteiger partial charge in [0.05, 0.1) is 34.9 Å². The summed E-state index contributed by atoms with van der Waals surface area (Å²) in [7, 11) is 2.86. The highest BCUT2D eigenvalue weighted by Crippen LogP contribution is 2.32. The molecule has 2 rings (SSSR count). The van der Waals surface area contributed by atoms with Crippen LogP contribution in [0.25, 0.3) is 0 Å². The van der Waals surface area contributed by atoms with Crippen LogP contribution in [0.4, 0.5) is 11.4 Å². The number of aryl methyl sites for hydroxylation is 1. The number of rotatable bonds is 6. The number of halogens is 1. The molecule has 0 amide bonds. The minimum Gasteiger partial charge on any atom is -0.465 e. The van der Waals surface area contributed by atoms with Crippen molar-refractivity contribution in [2.45, 2.75) is 6.10 Å². The lowest BCUT2D eigenvalue weighted by Crippen LogP contribution is -2.13. The molecule has 128 valence electrons. The quantitative estimate of drug-likeness (QED) is 0.462. The van der Waals surface area contributed by atoms with Gasteiger partial charge in [-0.25, -0.2) is 4.79 Å². The van der Waals surface area contributed by atoms with Gasteiger partial charge in [-0.15, -0.1) is 0 Å². The van der Waals surface area contributed by atoms with E-state index >= 15 is 0 Å². The van der Waals surface area contributed by atoms with Crippen LogP contribution in [-0.4, -0.2) is 39.4 Å². The number of carbonyl (C=O) groups excluding carboxylic acids is 1. The van der Waals surface area contributed by atoms with E-state index in [2.05, 4.69) is 15.2 Å². The molecule has 0 spiro atoms. The third-order valence-electron chi connectivity index (χ3n) is 3.28. The van der Waals surface area contributed by atoms with Crippen LogP contribution in [0.2, 0.25) is 5.02 Å². The maximum Gasteiger partial charge on any atom is 0.339 e. The van der Waals surface area contributed by atoms with Gasteiger partial charge in [-0.05, 0) is 6.07 Å². The zero-order chi connectivity index (χ0) is 17.9. The highest BCUT2D eigenvalue weighted by molar-refractivity contribution is 6.34. The fourth-order valence-corrected chi connectivity index (χ4v) is 2.30. The summed E-state index contributed by atoms with van der Waals surface area (Å²) in [6.07, 6.45) is 2.21. The molecule has 0 saturated carbocycles. The van der Waals surface area contributed by atoms with Crippen molar-refractivity contribution in [1.82, 2.24) is 9.78 Å². The predicted molar refractivity (Wildman–Crippen MR) is 86.1 cm³/mol. The number of nitro benzene ring substituents is 1. The van der Waals surface area contributed by atoms with E-state index in [1.807, 2.05) is 0 Å². The maximum atomic E-state index is 11.6. The summed E-state index contributed by atoms with van der Waals surface area (Å²) in [5, 5.41) is 28.0. The van der Waals surface area contributed by atoms with Crippen LogP contribution in [0.15, 0.2) is 24.5 Å². The van der Waals surface area contributed by atoms with Crippen LogP contribution in [0, 0.1) is 10.1 Å². The molecule has 1 unspecified atom stereocenters. The number of aliphatic hydroxyl groups is 1.